The molecule has 2 spiro atoms. The van der Waals surface area contributed by atoms with Gasteiger partial charge in [-0.05, 0) is 50.4 Å². The molecular formula is C18H29NO4S. The third-order valence-electron chi connectivity index (χ3n) is 6.93. The molecular weight excluding hydrogens is 326 g/mol. The SMILES string of the molecule is O=C(NC1CCOC2(CCCCC2)C1)C1CC12CCS(=O)(=O)CC2. The monoisotopic (exact) mass is 355 g/mol. The topological polar surface area (TPSA) is 72.5 Å². The van der Waals surface area contributed by atoms with E-state index in [1.807, 2.05) is 0 Å². The minimum Gasteiger partial charge on any atom is -0.375 e. The lowest BCUT2D eigenvalue weighted by Crippen LogP contribution is -2.50. The second-order valence-electron chi connectivity index (χ2n) is 8.56. The van der Waals surface area contributed by atoms with Gasteiger partial charge in [0.2, 0.25) is 5.91 Å². The van der Waals surface area contributed by atoms with E-state index in [-0.39, 0.29) is 40.4 Å². The molecule has 4 aliphatic rings. The third kappa shape index (κ3) is 3.24. The molecule has 0 aromatic carbocycles. The Morgan fingerprint density at radius 1 is 1.00 bits per heavy atom. The number of nitrogens with one attached hydrogen (secondary N) is 1. The number of carbonyl (C=O) groups is 1. The molecule has 0 radical (unpaired) electrons. The van der Waals surface area contributed by atoms with Crippen molar-refractivity contribution in [2.75, 3.05) is 18.1 Å². The molecule has 2 unspecified atom stereocenters. The summed E-state index contributed by atoms with van der Waals surface area (Å²) < 4.78 is 29.3. The van der Waals surface area contributed by atoms with Crippen LogP contribution in [-0.4, -0.2) is 44.1 Å². The number of sulfone groups is 1. The standard InChI is InChI=1S/C18H29NO4S/c20-16(15-13-17(15)7-10-24(21,22)11-8-17)19-14-4-9-23-18(12-14)5-2-1-3-6-18/h14-15H,1-13H2,(H,19,20). The Bertz CT molecular complexity index is 589. The van der Waals surface area contributed by atoms with Gasteiger partial charge in [-0.1, -0.05) is 19.3 Å². The van der Waals surface area contributed by atoms with Gasteiger partial charge < -0.3 is 10.1 Å². The van der Waals surface area contributed by atoms with Gasteiger partial charge in [0.15, 0.2) is 0 Å². The molecule has 4 rings (SSSR count). The summed E-state index contributed by atoms with van der Waals surface area (Å²) in [4.78, 5) is 12.7. The lowest BCUT2D eigenvalue weighted by atomic mass is 9.78. The van der Waals surface area contributed by atoms with E-state index in [1.54, 1.807) is 0 Å². The summed E-state index contributed by atoms with van der Waals surface area (Å²) in [6.45, 7) is 0.749. The first-order valence-electron chi connectivity index (χ1n) is 9.57. The molecule has 24 heavy (non-hydrogen) atoms. The van der Waals surface area contributed by atoms with Crippen molar-refractivity contribution in [1.82, 2.24) is 5.32 Å². The molecule has 5 nitrogen and oxygen atoms in total. The van der Waals surface area contributed by atoms with Gasteiger partial charge in [0, 0.05) is 18.6 Å². The Hall–Kier alpha value is -0.620. The van der Waals surface area contributed by atoms with Gasteiger partial charge in [0.25, 0.3) is 0 Å². The third-order valence-corrected chi connectivity index (χ3v) is 8.58. The van der Waals surface area contributed by atoms with E-state index in [1.165, 1.54) is 19.3 Å². The molecule has 0 aromatic rings. The van der Waals surface area contributed by atoms with E-state index in [9.17, 15) is 13.2 Å². The van der Waals surface area contributed by atoms with Crippen LogP contribution in [0.1, 0.15) is 64.2 Å². The van der Waals surface area contributed by atoms with Crippen LogP contribution in [0.25, 0.3) is 0 Å². The normalized spacial score (nSPS) is 36.3. The van der Waals surface area contributed by atoms with E-state index in [0.717, 1.165) is 38.7 Å². The highest BCUT2D eigenvalue weighted by atomic mass is 32.2. The Kier molecular flexibility index (Phi) is 4.19. The van der Waals surface area contributed by atoms with Gasteiger partial charge >= 0.3 is 0 Å². The summed E-state index contributed by atoms with van der Waals surface area (Å²) in [5.41, 5.74) is -0.00228. The van der Waals surface area contributed by atoms with Crippen LogP contribution in [0.15, 0.2) is 0 Å². The van der Waals surface area contributed by atoms with E-state index >= 15 is 0 Å². The summed E-state index contributed by atoms with van der Waals surface area (Å²) in [6, 6.07) is 0.231. The first-order valence-corrected chi connectivity index (χ1v) is 11.4. The van der Waals surface area contributed by atoms with E-state index in [0.29, 0.717) is 12.8 Å². The molecule has 2 aliphatic carbocycles. The lowest BCUT2D eigenvalue weighted by molar-refractivity contribution is -0.130. The molecule has 2 heterocycles. The van der Waals surface area contributed by atoms with Crippen LogP contribution < -0.4 is 5.32 Å². The van der Waals surface area contributed by atoms with Crippen LogP contribution >= 0.6 is 0 Å². The predicted octanol–water partition coefficient (Wildman–Crippen LogP) is 2.20. The molecule has 2 aliphatic heterocycles. The second kappa shape index (κ2) is 5.97. The predicted molar refractivity (Wildman–Crippen MR) is 91.4 cm³/mol. The van der Waals surface area contributed by atoms with Crippen molar-refractivity contribution in [2.24, 2.45) is 11.3 Å². The van der Waals surface area contributed by atoms with Crippen LogP contribution in [-0.2, 0) is 19.4 Å². The highest BCUT2D eigenvalue weighted by Crippen LogP contribution is 2.59. The zero-order valence-corrected chi connectivity index (χ0v) is 15.2. The van der Waals surface area contributed by atoms with Crippen molar-refractivity contribution in [3.05, 3.63) is 0 Å². The molecule has 0 bridgehead atoms. The average molecular weight is 356 g/mol. The van der Waals surface area contributed by atoms with Crippen molar-refractivity contribution in [1.29, 1.82) is 0 Å². The van der Waals surface area contributed by atoms with Gasteiger partial charge in [-0.15, -0.1) is 0 Å². The van der Waals surface area contributed by atoms with Crippen molar-refractivity contribution < 1.29 is 17.9 Å². The number of rotatable bonds is 2. The van der Waals surface area contributed by atoms with Gasteiger partial charge in [0.1, 0.15) is 9.84 Å². The summed E-state index contributed by atoms with van der Waals surface area (Å²) >= 11 is 0. The first kappa shape index (κ1) is 16.8. The smallest absolute Gasteiger partial charge is 0.223 e. The number of hydrogen-bond donors (Lipinski definition) is 1. The highest BCUT2D eigenvalue weighted by Gasteiger charge is 2.59. The molecule has 4 fully saturated rings. The number of amides is 1. The molecule has 1 amide bonds. The average Bonchev–Trinajstić information content (AvgIpc) is 3.26. The maximum atomic E-state index is 12.7. The van der Waals surface area contributed by atoms with Gasteiger partial charge in [-0.2, -0.15) is 0 Å². The quantitative estimate of drug-likeness (QED) is 0.824. The number of ether oxygens (including phenoxy) is 1. The molecule has 2 saturated carbocycles. The molecule has 1 N–H and O–H groups in total. The largest absolute Gasteiger partial charge is 0.375 e. The number of carbonyl (C=O) groups excluding carboxylic acids is 1. The Morgan fingerprint density at radius 3 is 2.42 bits per heavy atom. The van der Waals surface area contributed by atoms with Crippen LogP contribution in [0.2, 0.25) is 0 Å². The van der Waals surface area contributed by atoms with Crippen molar-refractivity contribution >= 4 is 15.7 Å². The molecule has 6 heteroatoms. The van der Waals surface area contributed by atoms with Gasteiger partial charge in [-0.3, -0.25) is 4.79 Å². The van der Waals surface area contributed by atoms with Crippen molar-refractivity contribution in [3.8, 4) is 0 Å². The summed E-state index contributed by atoms with van der Waals surface area (Å²) in [5, 5.41) is 3.28. The highest BCUT2D eigenvalue weighted by molar-refractivity contribution is 7.91. The fourth-order valence-corrected chi connectivity index (χ4v) is 6.85. The number of hydrogen-bond acceptors (Lipinski definition) is 4. The molecule has 2 atom stereocenters. The van der Waals surface area contributed by atoms with Crippen molar-refractivity contribution in [2.45, 2.75) is 75.9 Å². The van der Waals surface area contributed by atoms with Crippen LogP contribution in [0.3, 0.4) is 0 Å². The van der Waals surface area contributed by atoms with E-state index < -0.39 is 9.84 Å². The fourth-order valence-electron chi connectivity index (χ4n) is 5.21. The molecule has 2 saturated heterocycles. The van der Waals surface area contributed by atoms with Crippen LogP contribution in [0.5, 0.6) is 0 Å². The Balaban J connectivity index is 1.32. The summed E-state index contributed by atoms with van der Waals surface area (Å²) in [7, 11) is -2.86. The summed E-state index contributed by atoms with van der Waals surface area (Å²) in [5.74, 6) is 0.722. The second-order valence-corrected chi connectivity index (χ2v) is 10.9. The first-order chi connectivity index (χ1) is 11.4. The molecule has 136 valence electrons. The maximum Gasteiger partial charge on any atom is 0.223 e. The van der Waals surface area contributed by atoms with E-state index in [2.05, 4.69) is 5.32 Å². The molecule has 0 aromatic heterocycles. The van der Waals surface area contributed by atoms with Gasteiger partial charge in [-0.25, -0.2) is 8.42 Å². The Labute approximate surface area is 144 Å². The van der Waals surface area contributed by atoms with Gasteiger partial charge in [0.05, 0.1) is 17.1 Å². The maximum absolute atomic E-state index is 12.7. The minimum absolute atomic E-state index is 0.00853. The van der Waals surface area contributed by atoms with Crippen molar-refractivity contribution in [3.63, 3.8) is 0 Å². The zero-order chi connectivity index (χ0) is 16.8. The summed E-state index contributed by atoms with van der Waals surface area (Å²) in [6.07, 6.45) is 10.1. The zero-order valence-electron chi connectivity index (χ0n) is 14.4. The Morgan fingerprint density at radius 2 is 1.71 bits per heavy atom. The fraction of sp³-hybridized carbons (Fsp3) is 0.944. The van der Waals surface area contributed by atoms with E-state index in [4.69, 9.17) is 4.74 Å². The lowest BCUT2D eigenvalue weighted by Gasteiger charge is -2.43. The van der Waals surface area contributed by atoms with Crippen LogP contribution in [0.4, 0.5) is 0 Å². The minimum atomic E-state index is -2.86. The van der Waals surface area contributed by atoms with Crippen LogP contribution in [0, 0.1) is 11.3 Å².